The molecule has 3 rings (SSSR count). The predicted octanol–water partition coefficient (Wildman–Crippen LogP) is 4.24. The van der Waals surface area contributed by atoms with Crippen LogP contribution in [-0.4, -0.2) is 24.5 Å². The number of rotatable bonds is 3. The van der Waals surface area contributed by atoms with Crippen LogP contribution >= 0.6 is 0 Å². The smallest absolute Gasteiger partial charge is 0.233 e. The highest BCUT2D eigenvalue weighted by Crippen LogP contribution is 2.34. The van der Waals surface area contributed by atoms with E-state index < -0.39 is 38.2 Å². The number of hydrogen-bond donors (Lipinski definition) is 0. The summed E-state index contributed by atoms with van der Waals surface area (Å²) in [5, 5.41) is 3.49. The van der Waals surface area contributed by atoms with Crippen molar-refractivity contribution in [1.29, 1.82) is 0 Å². The van der Waals surface area contributed by atoms with E-state index in [2.05, 4.69) is 5.10 Å². The van der Waals surface area contributed by atoms with Crippen molar-refractivity contribution in [3.63, 3.8) is 0 Å². The molecule has 4 nitrogen and oxygen atoms in total. The molecule has 3 aromatic rings. The summed E-state index contributed by atoms with van der Waals surface area (Å²) in [5.41, 5.74) is -1.55. The summed E-state index contributed by atoms with van der Waals surface area (Å²) in [4.78, 5) is -1.15. The molecule has 1 aromatic heterocycles. The van der Waals surface area contributed by atoms with Crippen molar-refractivity contribution < 1.29 is 30.4 Å². The maximum absolute atomic E-state index is 14.2. The Balaban J connectivity index is 2.27. The van der Waals surface area contributed by atoms with Crippen molar-refractivity contribution in [1.82, 2.24) is 9.78 Å². The summed E-state index contributed by atoms with van der Waals surface area (Å²) < 4.78 is 91.5. The van der Waals surface area contributed by atoms with Crippen LogP contribution in [0.2, 0.25) is 0 Å². The molecule has 0 atom stereocenters. The third-order valence-corrected chi connectivity index (χ3v) is 4.80. The Morgan fingerprint density at radius 2 is 1.52 bits per heavy atom. The van der Waals surface area contributed by atoms with Crippen molar-refractivity contribution in [2.75, 3.05) is 6.26 Å². The molecule has 2 aromatic carbocycles. The van der Waals surface area contributed by atoms with Gasteiger partial charge in [-0.2, -0.15) is 18.3 Å². The molecule has 0 aliphatic carbocycles. The second kappa shape index (κ2) is 6.45. The van der Waals surface area contributed by atoms with Gasteiger partial charge in [-0.25, -0.2) is 21.9 Å². The van der Waals surface area contributed by atoms with Crippen LogP contribution in [-0.2, 0) is 16.0 Å². The first-order valence-corrected chi connectivity index (χ1v) is 9.30. The number of nitrogens with zero attached hydrogens (tertiary/aromatic N) is 2. The van der Waals surface area contributed by atoms with Crippen molar-refractivity contribution in [2.45, 2.75) is 11.1 Å². The largest absolute Gasteiger partial charge is 0.435 e. The van der Waals surface area contributed by atoms with E-state index >= 15 is 0 Å². The van der Waals surface area contributed by atoms with Crippen LogP contribution in [0.25, 0.3) is 16.9 Å². The highest BCUT2D eigenvalue weighted by atomic mass is 32.2. The van der Waals surface area contributed by atoms with Crippen LogP contribution < -0.4 is 0 Å². The van der Waals surface area contributed by atoms with Crippen LogP contribution in [0, 0.1) is 11.6 Å². The average molecular weight is 402 g/mol. The van der Waals surface area contributed by atoms with Crippen LogP contribution in [0.15, 0.2) is 53.4 Å². The van der Waals surface area contributed by atoms with Gasteiger partial charge in [0.25, 0.3) is 0 Å². The fraction of sp³-hybridized carbons (Fsp3) is 0.118. The maximum Gasteiger partial charge on any atom is 0.435 e. The fourth-order valence-corrected chi connectivity index (χ4v) is 3.38. The van der Waals surface area contributed by atoms with Gasteiger partial charge >= 0.3 is 6.18 Å². The molecule has 0 radical (unpaired) electrons. The Hall–Kier alpha value is -2.75. The minimum absolute atomic E-state index is 0.232. The molecule has 0 saturated heterocycles. The van der Waals surface area contributed by atoms with E-state index in [0.717, 1.165) is 4.68 Å². The normalized spacial score (nSPS) is 12.4. The number of aromatic nitrogens is 2. The van der Waals surface area contributed by atoms with Crippen LogP contribution in [0.5, 0.6) is 0 Å². The van der Waals surface area contributed by atoms with Gasteiger partial charge in [-0.15, -0.1) is 0 Å². The third kappa shape index (κ3) is 3.70. The standard InChI is InChI=1S/C17H11F5N2O2S/c1-27(25,26)16-12(18)7-10(8-13(16)19)14-9-15(17(20,21)22)23-24(14)11-5-3-2-4-6-11/h2-9H,1H3. The van der Waals surface area contributed by atoms with E-state index in [1.54, 1.807) is 18.2 Å². The Morgan fingerprint density at radius 3 is 2.00 bits per heavy atom. The van der Waals surface area contributed by atoms with Gasteiger partial charge in [-0.05, 0) is 30.3 Å². The molecule has 142 valence electrons. The predicted molar refractivity (Wildman–Crippen MR) is 87.0 cm³/mol. The Kier molecular flexibility index (Phi) is 4.54. The SMILES string of the molecule is CS(=O)(=O)c1c(F)cc(-c2cc(C(F)(F)F)nn2-c2ccccc2)cc1F. The van der Waals surface area contributed by atoms with E-state index in [1.165, 1.54) is 12.1 Å². The molecule has 0 bridgehead atoms. The highest BCUT2D eigenvalue weighted by Gasteiger charge is 2.35. The van der Waals surface area contributed by atoms with Crippen LogP contribution in [0.1, 0.15) is 5.69 Å². The molecule has 1 heterocycles. The number of halogens is 5. The number of benzene rings is 2. The van der Waals surface area contributed by atoms with Gasteiger partial charge in [0.1, 0.15) is 16.5 Å². The molecule has 0 saturated carbocycles. The zero-order valence-electron chi connectivity index (χ0n) is 13.6. The molecule has 0 unspecified atom stereocenters. The van der Waals surface area contributed by atoms with Crippen molar-refractivity contribution in [2.24, 2.45) is 0 Å². The molecular weight excluding hydrogens is 391 g/mol. The fourth-order valence-electron chi connectivity index (χ4n) is 2.55. The van der Waals surface area contributed by atoms with Gasteiger partial charge in [0.05, 0.1) is 11.4 Å². The first-order chi connectivity index (χ1) is 12.5. The monoisotopic (exact) mass is 402 g/mol. The van der Waals surface area contributed by atoms with Gasteiger partial charge in [-0.1, -0.05) is 18.2 Å². The molecule has 0 aliphatic heterocycles. The summed E-state index contributed by atoms with van der Waals surface area (Å²) >= 11 is 0. The molecule has 0 aliphatic rings. The number of alkyl halides is 3. The number of para-hydroxylation sites is 1. The summed E-state index contributed by atoms with van der Waals surface area (Å²) in [6.07, 6.45) is -4.15. The molecule has 0 fully saturated rings. The Bertz CT molecular complexity index is 1080. The van der Waals surface area contributed by atoms with E-state index in [0.29, 0.717) is 24.5 Å². The van der Waals surface area contributed by atoms with E-state index in [9.17, 15) is 30.4 Å². The van der Waals surface area contributed by atoms with Gasteiger partial charge in [0, 0.05) is 11.8 Å². The molecule has 0 N–H and O–H groups in total. The quantitative estimate of drug-likeness (QED) is 0.616. The average Bonchev–Trinajstić information content (AvgIpc) is 2.99. The lowest BCUT2D eigenvalue weighted by Gasteiger charge is -2.10. The summed E-state index contributed by atoms with van der Waals surface area (Å²) in [5.74, 6) is -2.80. The summed E-state index contributed by atoms with van der Waals surface area (Å²) in [7, 11) is -4.20. The minimum Gasteiger partial charge on any atom is -0.233 e. The lowest BCUT2D eigenvalue weighted by molar-refractivity contribution is -0.141. The van der Waals surface area contributed by atoms with Crippen molar-refractivity contribution in [3.05, 3.63) is 65.9 Å². The van der Waals surface area contributed by atoms with Gasteiger partial charge in [0.15, 0.2) is 15.5 Å². The second-order valence-corrected chi connectivity index (χ2v) is 7.65. The molecule has 0 amide bonds. The first-order valence-electron chi connectivity index (χ1n) is 7.40. The Labute approximate surface area is 150 Å². The zero-order valence-corrected chi connectivity index (χ0v) is 14.4. The van der Waals surface area contributed by atoms with Gasteiger partial charge in [-0.3, -0.25) is 0 Å². The summed E-state index contributed by atoms with van der Waals surface area (Å²) in [6, 6.07) is 9.65. The number of hydrogen-bond acceptors (Lipinski definition) is 3. The topological polar surface area (TPSA) is 52.0 Å². The van der Waals surface area contributed by atoms with Crippen molar-refractivity contribution in [3.8, 4) is 16.9 Å². The summed E-state index contributed by atoms with van der Waals surface area (Å²) in [6.45, 7) is 0. The third-order valence-electron chi connectivity index (χ3n) is 3.67. The highest BCUT2D eigenvalue weighted by molar-refractivity contribution is 7.90. The first kappa shape index (κ1) is 19.0. The van der Waals surface area contributed by atoms with E-state index in [4.69, 9.17) is 0 Å². The number of sulfone groups is 1. The second-order valence-electron chi connectivity index (χ2n) is 5.70. The molecular formula is C17H11F5N2O2S. The van der Waals surface area contributed by atoms with E-state index in [1.807, 2.05) is 0 Å². The van der Waals surface area contributed by atoms with Crippen molar-refractivity contribution >= 4 is 9.84 Å². The lowest BCUT2D eigenvalue weighted by Crippen LogP contribution is -2.07. The Morgan fingerprint density at radius 1 is 0.963 bits per heavy atom. The van der Waals surface area contributed by atoms with Gasteiger partial charge < -0.3 is 0 Å². The van der Waals surface area contributed by atoms with Crippen LogP contribution in [0.3, 0.4) is 0 Å². The maximum atomic E-state index is 14.2. The lowest BCUT2D eigenvalue weighted by atomic mass is 10.1. The minimum atomic E-state index is -4.78. The van der Waals surface area contributed by atoms with E-state index in [-0.39, 0.29) is 16.9 Å². The molecule has 27 heavy (non-hydrogen) atoms. The van der Waals surface area contributed by atoms with Gasteiger partial charge in [0.2, 0.25) is 0 Å². The van der Waals surface area contributed by atoms with Crippen LogP contribution in [0.4, 0.5) is 22.0 Å². The molecule has 0 spiro atoms. The molecule has 10 heteroatoms. The zero-order chi connectivity index (χ0) is 20.0.